The molecule has 2 N–H and O–H groups in total. The molecule has 0 aromatic heterocycles. The summed E-state index contributed by atoms with van der Waals surface area (Å²) >= 11 is 0. The van der Waals surface area contributed by atoms with Crippen molar-refractivity contribution in [2.75, 3.05) is 20.8 Å². The second-order valence-electron chi connectivity index (χ2n) is 9.21. The van der Waals surface area contributed by atoms with Crippen LogP contribution in [0.15, 0.2) is 54.9 Å². The summed E-state index contributed by atoms with van der Waals surface area (Å²) in [5, 5.41) is 4.80. The van der Waals surface area contributed by atoms with Gasteiger partial charge in [0.2, 0.25) is 5.91 Å². The zero-order valence-electron chi connectivity index (χ0n) is 20.8. The van der Waals surface area contributed by atoms with E-state index in [1.165, 1.54) is 11.1 Å². The lowest BCUT2D eigenvalue weighted by molar-refractivity contribution is -0.134. The summed E-state index contributed by atoms with van der Waals surface area (Å²) < 4.78 is 10.6. The van der Waals surface area contributed by atoms with Gasteiger partial charge in [0, 0.05) is 31.9 Å². The van der Waals surface area contributed by atoms with E-state index < -0.39 is 0 Å². The monoisotopic (exact) mass is 478 g/mol. The summed E-state index contributed by atoms with van der Waals surface area (Å²) in [7, 11) is 3.16. The van der Waals surface area contributed by atoms with Gasteiger partial charge in [-0.3, -0.25) is 9.59 Å². The minimum absolute atomic E-state index is 0.00833. The van der Waals surface area contributed by atoms with Gasteiger partial charge in [-0.25, -0.2) is 5.43 Å². The van der Waals surface area contributed by atoms with Crippen molar-refractivity contribution in [2.24, 2.45) is 0 Å². The zero-order valence-corrected chi connectivity index (χ0v) is 20.8. The number of carbonyl (C=O) groups is 2. The topological polar surface area (TPSA) is 83.1 Å². The Morgan fingerprint density at radius 2 is 1.83 bits per heavy atom. The number of nitrogens with zero attached hydrogens (tertiary/aromatic N) is 2. The van der Waals surface area contributed by atoms with Gasteiger partial charge in [-0.05, 0) is 41.2 Å². The van der Waals surface area contributed by atoms with Gasteiger partial charge < -0.3 is 24.7 Å². The van der Waals surface area contributed by atoms with Crippen LogP contribution in [0.25, 0.3) is 0 Å². The van der Waals surface area contributed by atoms with Crippen molar-refractivity contribution in [3.05, 3.63) is 71.6 Å². The Labute approximate surface area is 206 Å². The molecule has 2 unspecified atom stereocenters. The van der Waals surface area contributed by atoms with E-state index in [1.807, 2.05) is 29.4 Å². The summed E-state index contributed by atoms with van der Waals surface area (Å²) in [6.07, 6.45) is 4.55. The third-order valence-corrected chi connectivity index (χ3v) is 6.60. The molecule has 4 rings (SSSR count). The first-order chi connectivity index (χ1) is 16.9. The molecule has 0 bridgehead atoms. The van der Waals surface area contributed by atoms with Gasteiger partial charge in [-0.15, -0.1) is 0 Å². The van der Waals surface area contributed by atoms with Crippen molar-refractivity contribution >= 4 is 11.8 Å². The Morgan fingerprint density at radius 3 is 2.51 bits per heavy atom. The zero-order chi connectivity index (χ0) is 24.9. The van der Waals surface area contributed by atoms with E-state index in [2.05, 4.69) is 48.9 Å². The van der Waals surface area contributed by atoms with Crippen LogP contribution < -0.4 is 20.2 Å². The predicted molar refractivity (Wildman–Crippen MR) is 134 cm³/mol. The van der Waals surface area contributed by atoms with Gasteiger partial charge in [0.15, 0.2) is 11.5 Å². The van der Waals surface area contributed by atoms with Crippen LogP contribution in [-0.2, 0) is 16.1 Å². The molecule has 35 heavy (non-hydrogen) atoms. The maximum atomic E-state index is 13.1. The summed E-state index contributed by atoms with van der Waals surface area (Å²) in [5.74, 6) is 1.64. The van der Waals surface area contributed by atoms with Crippen LogP contribution in [0.1, 0.15) is 55.3 Å². The SMILES string of the molecule is COc1ccc(CNC(=O)CCN2C=CN3NC(c4ccc(C(C)C)cc4)CC3C2=O)cc1OC. The average Bonchev–Trinajstić information content (AvgIpc) is 3.32. The molecule has 0 saturated carbocycles. The average molecular weight is 479 g/mol. The smallest absolute Gasteiger partial charge is 0.250 e. The third kappa shape index (κ3) is 5.59. The highest BCUT2D eigenvalue weighted by molar-refractivity contribution is 5.85. The number of hydrogen-bond acceptors (Lipinski definition) is 6. The van der Waals surface area contributed by atoms with Gasteiger partial charge in [-0.1, -0.05) is 44.2 Å². The van der Waals surface area contributed by atoms with Gasteiger partial charge in [0.1, 0.15) is 6.04 Å². The quantitative estimate of drug-likeness (QED) is 0.574. The van der Waals surface area contributed by atoms with E-state index in [0.717, 1.165) is 5.56 Å². The number of rotatable bonds is 9. The second-order valence-corrected chi connectivity index (χ2v) is 9.21. The highest BCUT2D eigenvalue weighted by atomic mass is 16.5. The molecule has 8 heteroatoms. The fourth-order valence-corrected chi connectivity index (χ4v) is 4.45. The highest BCUT2D eigenvalue weighted by Gasteiger charge is 2.39. The van der Waals surface area contributed by atoms with Crippen molar-refractivity contribution in [1.82, 2.24) is 20.7 Å². The Morgan fingerprint density at radius 1 is 1.09 bits per heavy atom. The molecular weight excluding hydrogens is 444 g/mol. The van der Waals surface area contributed by atoms with E-state index in [4.69, 9.17) is 9.47 Å². The van der Waals surface area contributed by atoms with Gasteiger partial charge in [-0.2, -0.15) is 0 Å². The summed E-state index contributed by atoms with van der Waals surface area (Å²) in [6.45, 7) is 5.07. The maximum absolute atomic E-state index is 13.1. The lowest BCUT2D eigenvalue weighted by atomic mass is 9.97. The molecule has 1 saturated heterocycles. The minimum atomic E-state index is -0.274. The lowest BCUT2D eigenvalue weighted by Gasteiger charge is -2.31. The van der Waals surface area contributed by atoms with E-state index in [0.29, 0.717) is 36.9 Å². The molecule has 2 aliphatic rings. The van der Waals surface area contributed by atoms with Gasteiger partial charge in [0.25, 0.3) is 5.91 Å². The number of methoxy groups -OCH3 is 2. The fraction of sp³-hybridized carbons (Fsp3) is 0.407. The number of carbonyl (C=O) groups excluding carboxylic acids is 2. The number of amides is 2. The molecule has 2 aromatic carbocycles. The van der Waals surface area contributed by atoms with Crippen LogP contribution in [0, 0.1) is 0 Å². The minimum Gasteiger partial charge on any atom is -0.493 e. The first kappa shape index (κ1) is 24.6. The van der Waals surface area contributed by atoms with Crippen LogP contribution in [0.4, 0.5) is 0 Å². The number of hydrogen-bond donors (Lipinski definition) is 2. The molecule has 1 fully saturated rings. The molecule has 0 spiro atoms. The van der Waals surface area contributed by atoms with Crippen molar-refractivity contribution in [2.45, 2.75) is 51.2 Å². The highest BCUT2D eigenvalue weighted by Crippen LogP contribution is 2.31. The van der Waals surface area contributed by atoms with Crippen LogP contribution in [0.3, 0.4) is 0 Å². The fourth-order valence-electron chi connectivity index (χ4n) is 4.45. The first-order valence-electron chi connectivity index (χ1n) is 12.0. The lowest BCUT2D eigenvalue weighted by Crippen LogP contribution is -2.48. The Kier molecular flexibility index (Phi) is 7.60. The number of ether oxygens (including phenoxy) is 2. The van der Waals surface area contributed by atoms with Crippen molar-refractivity contribution in [3.63, 3.8) is 0 Å². The predicted octanol–water partition coefficient (Wildman–Crippen LogP) is 3.47. The standard InChI is InChI=1S/C27H34N4O4/c1-18(2)20-6-8-21(9-7-20)22-16-23-27(33)30(13-14-31(23)29-22)12-11-26(32)28-17-19-5-10-24(34-3)25(15-19)35-4/h5-10,13-15,18,22-23,29H,11-12,16-17H2,1-4H3,(H,28,32). The summed E-state index contributed by atoms with van der Waals surface area (Å²) in [5.41, 5.74) is 6.81. The number of hydrazine groups is 1. The van der Waals surface area contributed by atoms with E-state index in [1.54, 1.807) is 25.3 Å². The Bertz CT molecular complexity index is 1080. The normalized spacial score (nSPS) is 19.2. The Hall–Kier alpha value is -3.52. The van der Waals surface area contributed by atoms with E-state index in [9.17, 15) is 9.59 Å². The molecule has 2 heterocycles. The molecule has 2 amide bonds. The van der Waals surface area contributed by atoms with Crippen LogP contribution >= 0.6 is 0 Å². The van der Waals surface area contributed by atoms with Gasteiger partial charge in [0.05, 0.1) is 20.3 Å². The van der Waals surface area contributed by atoms with Crippen molar-refractivity contribution in [3.8, 4) is 11.5 Å². The number of benzene rings is 2. The van der Waals surface area contributed by atoms with Crippen LogP contribution in [-0.4, -0.2) is 48.5 Å². The molecule has 2 aromatic rings. The van der Waals surface area contributed by atoms with Crippen LogP contribution in [0.2, 0.25) is 0 Å². The summed E-state index contributed by atoms with van der Waals surface area (Å²) in [6, 6.07) is 13.9. The number of nitrogens with one attached hydrogen (secondary N) is 2. The summed E-state index contributed by atoms with van der Waals surface area (Å²) in [4.78, 5) is 27.2. The molecule has 0 radical (unpaired) electrons. The molecule has 8 nitrogen and oxygen atoms in total. The van der Waals surface area contributed by atoms with Crippen molar-refractivity contribution < 1.29 is 19.1 Å². The molecule has 2 atom stereocenters. The number of fused-ring (bicyclic) bond motifs is 1. The van der Waals surface area contributed by atoms with Gasteiger partial charge >= 0.3 is 0 Å². The largest absolute Gasteiger partial charge is 0.493 e. The molecular formula is C27H34N4O4. The Balaban J connectivity index is 1.27. The maximum Gasteiger partial charge on any atom is 0.250 e. The third-order valence-electron chi connectivity index (χ3n) is 6.60. The van der Waals surface area contributed by atoms with E-state index >= 15 is 0 Å². The second kappa shape index (κ2) is 10.8. The molecule has 0 aliphatic carbocycles. The van der Waals surface area contributed by atoms with Crippen molar-refractivity contribution in [1.29, 1.82) is 0 Å². The molecule has 2 aliphatic heterocycles. The van der Waals surface area contributed by atoms with E-state index in [-0.39, 0.29) is 30.3 Å². The van der Waals surface area contributed by atoms with Crippen LogP contribution in [0.5, 0.6) is 11.5 Å². The molecule has 186 valence electrons. The first-order valence-corrected chi connectivity index (χ1v) is 12.0.